The third-order valence-electron chi connectivity index (χ3n) is 2.82. The number of amides is 1. The van der Waals surface area contributed by atoms with Crippen molar-refractivity contribution < 1.29 is 9.18 Å². The van der Waals surface area contributed by atoms with Gasteiger partial charge in [-0.15, -0.1) is 0 Å². The summed E-state index contributed by atoms with van der Waals surface area (Å²) in [7, 11) is 0. The Kier molecular flexibility index (Phi) is 3.44. The molecule has 16 heavy (non-hydrogen) atoms. The second-order valence-electron chi connectivity index (χ2n) is 4.11. The molecule has 86 valence electrons. The van der Waals surface area contributed by atoms with E-state index < -0.39 is 5.82 Å². The van der Waals surface area contributed by atoms with E-state index in [0.717, 1.165) is 25.7 Å². The molecule has 1 amide bonds. The lowest BCUT2D eigenvalue weighted by Gasteiger charge is -2.11. The zero-order valence-corrected chi connectivity index (χ0v) is 9.56. The summed E-state index contributed by atoms with van der Waals surface area (Å²) < 4.78 is 13.0. The largest absolute Gasteiger partial charge is 0.349 e. The first-order valence-electron chi connectivity index (χ1n) is 5.42. The van der Waals surface area contributed by atoms with Gasteiger partial charge in [-0.2, -0.15) is 0 Å². The van der Waals surface area contributed by atoms with Gasteiger partial charge in [0.1, 0.15) is 5.82 Å². The van der Waals surface area contributed by atoms with Crippen LogP contribution >= 0.6 is 11.6 Å². The number of nitrogens with one attached hydrogen (secondary N) is 1. The van der Waals surface area contributed by atoms with Gasteiger partial charge >= 0.3 is 0 Å². The Morgan fingerprint density at radius 2 is 2.00 bits per heavy atom. The quantitative estimate of drug-likeness (QED) is 0.847. The first kappa shape index (κ1) is 11.4. The van der Waals surface area contributed by atoms with Crippen molar-refractivity contribution in [2.45, 2.75) is 31.7 Å². The molecule has 0 spiro atoms. The summed E-state index contributed by atoms with van der Waals surface area (Å²) >= 11 is 5.69. The molecule has 1 aliphatic rings. The number of rotatable bonds is 2. The smallest absolute Gasteiger partial charge is 0.251 e. The van der Waals surface area contributed by atoms with E-state index in [1.807, 2.05) is 0 Å². The predicted octanol–water partition coefficient (Wildman–Crippen LogP) is 3.15. The third kappa shape index (κ3) is 2.73. The van der Waals surface area contributed by atoms with Crippen molar-refractivity contribution >= 4 is 17.5 Å². The van der Waals surface area contributed by atoms with Crippen LogP contribution in [0.2, 0.25) is 5.02 Å². The first-order chi connectivity index (χ1) is 7.65. The molecule has 0 atom stereocenters. The van der Waals surface area contributed by atoms with Crippen LogP contribution in [-0.2, 0) is 0 Å². The van der Waals surface area contributed by atoms with Crippen LogP contribution in [0.3, 0.4) is 0 Å². The highest BCUT2D eigenvalue weighted by Crippen LogP contribution is 2.19. The Hall–Kier alpha value is -1.09. The Morgan fingerprint density at radius 3 is 2.62 bits per heavy atom. The van der Waals surface area contributed by atoms with Crippen LogP contribution in [-0.4, -0.2) is 11.9 Å². The van der Waals surface area contributed by atoms with Crippen LogP contribution in [0.4, 0.5) is 4.39 Å². The molecule has 0 unspecified atom stereocenters. The van der Waals surface area contributed by atoms with Gasteiger partial charge in [0.05, 0.1) is 0 Å². The van der Waals surface area contributed by atoms with Gasteiger partial charge in [0, 0.05) is 16.6 Å². The number of carbonyl (C=O) groups excluding carboxylic acids is 1. The zero-order valence-electron chi connectivity index (χ0n) is 8.80. The van der Waals surface area contributed by atoms with Crippen LogP contribution in [0.5, 0.6) is 0 Å². The van der Waals surface area contributed by atoms with Gasteiger partial charge in [0.15, 0.2) is 0 Å². The van der Waals surface area contributed by atoms with E-state index in [9.17, 15) is 9.18 Å². The summed E-state index contributed by atoms with van der Waals surface area (Å²) in [4.78, 5) is 11.8. The molecule has 1 aliphatic carbocycles. The molecule has 1 aromatic rings. The topological polar surface area (TPSA) is 29.1 Å². The molecule has 2 nitrogen and oxygen atoms in total. The van der Waals surface area contributed by atoms with E-state index in [1.54, 1.807) is 0 Å². The van der Waals surface area contributed by atoms with Crippen molar-refractivity contribution in [2.75, 3.05) is 0 Å². The fourth-order valence-corrected chi connectivity index (χ4v) is 2.25. The van der Waals surface area contributed by atoms with E-state index in [2.05, 4.69) is 5.32 Å². The van der Waals surface area contributed by atoms with Crippen molar-refractivity contribution in [3.63, 3.8) is 0 Å². The average Bonchev–Trinajstić information content (AvgIpc) is 2.68. The van der Waals surface area contributed by atoms with Crippen molar-refractivity contribution in [2.24, 2.45) is 0 Å². The van der Waals surface area contributed by atoms with Gasteiger partial charge in [-0.3, -0.25) is 4.79 Å². The van der Waals surface area contributed by atoms with Crippen LogP contribution < -0.4 is 5.32 Å². The summed E-state index contributed by atoms with van der Waals surface area (Å²) in [5.74, 6) is -0.725. The standard InChI is InChI=1S/C12H13ClFNO/c13-9-5-8(6-10(14)7-9)12(16)15-11-3-1-2-4-11/h5-7,11H,1-4H2,(H,15,16). The van der Waals surface area contributed by atoms with Gasteiger partial charge < -0.3 is 5.32 Å². The normalized spacial score (nSPS) is 16.4. The van der Waals surface area contributed by atoms with Crippen molar-refractivity contribution in [3.8, 4) is 0 Å². The fourth-order valence-electron chi connectivity index (χ4n) is 2.02. The van der Waals surface area contributed by atoms with Crippen molar-refractivity contribution in [3.05, 3.63) is 34.6 Å². The minimum atomic E-state index is -0.482. The molecule has 0 radical (unpaired) electrons. The average molecular weight is 242 g/mol. The number of hydrogen-bond acceptors (Lipinski definition) is 1. The molecule has 1 saturated carbocycles. The van der Waals surface area contributed by atoms with Gasteiger partial charge in [-0.1, -0.05) is 24.4 Å². The number of carbonyl (C=O) groups is 1. The molecule has 0 aliphatic heterocycles. The molecule has 0 heterocycles. The maximum atomic E-state index is 13.0. The monoisotopic (exact) mass is 241 g/mol. The van der Waals surface area contributed by atoms with E-state index in [-0.39, 0.29) is 22.5 Å². The van der Waals surface area contributed by atoms with Crippen molar-refractivity contribution in [1.29, 1.82) is 0 Å². The lowest BCUT2D eigenvalue weighted by Crippen LogP contribution is -2.32. The third-order valence-corrected chi connectivity index (χ3v) is 3.03. The molecular formula is C12H13ClFNO. The molecule has 1 N–H and O–H groups in total. The minimum Gasteiger partial charge on any atom is -0.349 e. The highest BCUT2D eigenvalue weighted by Gasteiger charge is 2.18. The molecular weight excluding hydrogens is 229 g/mol. The zero-order chi connectivity index (χ0) is 11.5. The lowest BCUT2D eigenvalue weighted by molar-refractivity contribution is 0.0937. The van der Waals surface area contributed by atoms with Gasteiger partial charge in [0.25, 0.3) is 5.91 Å². The van der Waals surface area contributed by atoms with Gasteiger partial charge in [-0.25, -0.2) is 4.39 Å². The number of hydrogen-bond donors (Lipinski definition) is 1. The Balaban J connectivity index is 2.07. The molecule has 4 heteroatoms. The predicted molar refractivity (Wildman–Crippen MR) is 61.1 cm³/mol. The SMILES string of the molecule is O=C(NC1CCCC1)c1cc(F)cc(Cl)c1. The van der Waals surface area contributed by atoms with Crippen LogP contribution in [0.25, 0.3) is 0 Å². The lowest BCUT2D eigenvalue weighted by atomic mass is 10.2. The second kappa shape index (κ2) is 4.83. The molecule has 0 bridgehead atoms. The number of benzene rings is 1. The summed E-state index contributed by atoms with van der Waals surface area (Å²) in [5.41, 5.74) is 0.289. The molecule has 0 saturated heterocycles. The van der Waals surface area contributed by atoms with E-state index >= 15 is 0 Å². The van der Waals surface area contributed by atoms with Gasteiger partial charge in [0.2, 0.25) is 0 Å². The minimum absolute atomic E-state index is 0.231. The van der Waals surface area contributed by atoms with Crippen LogP contribution in [0.1, 0.15) is 36.0 Å². The highest BCUT2D eigenvalue weighted by molar-refractivity contribution is 6.31. The van der Waals surface area contributed by atoms with Crippen molar-refractivity contribution in [1.82, 2.24) is 5.32 Å². The maximum absolute atomic E-state index is 13.0. The Labute approximate surface area is 98.8 Å². The summed E-state index contributed by atoms with van der Waals surface area (Å²) in [6, 6.07) is 4.11. The Morgan fingerprint density at radius 1 is 1.31 bits per heavy atom. The highest BCUT2D eigenvalue weighted by atomic mass is 35.5. The molecule has 0 aromatic heterocycles. The first-order valence-corrected chi connectivity index (χ1v) is 5.80. The summed E-state index contributed by atoms with van der Waals surface area (Å²) in [6.45, 7) is 0. The molecule has 2 rings (SSSR count). The second-order valence-corrected chi connectivity index (χ2v) is 4.55. The summed E-state index contributed by atoms with van der Waals surface area (Å²) in [6.07, 6.45) is 4.31. The molecule has 1 aromatic carbocycles. The Bertz CT molecular complexity index is 382. The van der Waals surface area contributed by atoms with Crippen LogP contribution in [0.15, 0.2) is 18.2 Å². The number of halogens is 2. The summed E-state index contributed by atoms with van der Waals surface area (Å²) in [5, 5.41) is 3.13. The fraction of sp³-hybridized carbons (Fsp3) is 0.417. The van der Waals surface area contributed by atoms with E-state index in [1.165, 1.54) is 18.2 Å². The van der Waals surface area contributed by atoms with Crippen LogP contribution in [0, 0.1) is 5.82 Å². The van der Waals surface area contributed by atoms with E-state index in [4.69, 9.17) is 11.6 Å². The van der Waals surface area contributed by atoms with E-state index in [0.29, 0.717) is 0 Å². The van der Waals surface area contributed by atoms with Gasteiger partial charge in [-0.05, 0) is 31.0 Å². The maximum Gasteiger partial charge on any atom is 0.251 e. The molecule has 1 fully saturated rings.